The zero-order valence-corrected chi connectivity index (χ0v) is 29.3. The molecule has 1 heterocycles. The Kier molecular flexibility index (Phi) is 12.4. The van der Waals surface area contributed by atoms with Crippen LogP contribution in [0, 0.1) is 23.3 Å². The Morgan fingerprint density at radius 2 is 1.59 bits per heavy atom. The summed E-state index contributed by atoms with van der Waals surface area (Å²) in [7, 11) is -2.59. The normalized spacial score (nSPS) is 19.4. The maximum absolute atomic E-state index is 15.6. The lowest BCUT2D eigenvalue weighted by molar-refractivity contribution is -0.118. The van der Waals surface area contributed by atoms with Gasteiger partial charge >= 0.3 is 6.09 Å². The van der Waals surface area contributed by atoms with Gasteiger partial charge in [0, 0.05) is 42.4 Å². The Balaban J connectivity index is 1.45. The van der Waals surface area contributed by atoms with Crippen LogP contribution in [-0.4, -0.2) is 81.0 Å². The maximum atomic E-state index is 15.6. The number of alkyl carbamates (subject to hydrolysis) is 1. The number of anilines is 1. The van der Waals surface area contributed by atoms with E-state index in [0.29, 0.717) is 32.0 Å². The minimum Gasteiger partial charge on any atom is -0.453 e. The van der Waals surface area contributed by atoms with E-state index in [0.717, 1.165) is 31.4 Å². The molecule has 2 aliphatic rings. The number of halogens is 4. The van der Waals surface area contributed by atoms with Crippen LogP contribution in [0.5, 0.6) is 0 Å². The van der Waals surface area contributed by atoms with E-state index in [9.17, 15) is 31.2 Å². The van der Waals surface area contributed by atoms with Gasteiger partial charge in [0.15, 0.2) is 0 Å². The molecule has 15 heteroatoms. The highest BCUT2D eigenvalue weighted by Gasteiger charge is 2.47. The number of methoxy groups -OCH3 is 1. The molecule has 2 fully saturated rings. The van der Waals surface area contributed by atoms with Crippen LogP contribution in [0.2, 0.25) is 0 Å². The standard InChI is InChI=1S/C36H42F4N4O6S/c1-21(2)50-20-28-19-41-18-27(44(28)51(47,48)29-12-13-29)11-14-30-31(40)5-4-6-32(30)42-35(45)34(43-36(46)49-3)33(22-7-9-24(37)10-8-22)23-15-25(38)17-26(39)16-23/h4-10,15-17,21,27-29,33-34,41H,11-14,18-20H2,1-3H3,(H,42,45)(H,43,46). The highest BCUT2D eigenvalue weighted by molar-refractivity contribution is 7.90. The molecular weight excluding hydrogens is 692 g/mol. The van der Waals surface area contributed by atoms with E-state index in [1.807, 2.05) is 13.8 Å². The van der Waals surface area contributed by atoms with E-state index in [-0.39, 0.29) is 47.9 Å². The monoisotopic (exact) mass is 734 g/mol. The molecule has 0 radical (unpaired) electrons. The molecule has 1 aliphatic carbocycles. The van der Waals surface area contributed by atoms with Gasteiger partial charge in [0.25, 0.3) is 0 Å². The average Bonchev–Trinajstić information content (AvgIpc) is 3.94. The van der Waals surface area contributed by atoms with Crippen LogP contribution in [0.25, 0.3) is 0 Å². The van der Waals surface area contributed by atoms with Gasteiger partial charge in [-0.05, 0) is 87.1 Å². The van der Waals surface area contributed by atoms with Gasteiger partial charge in [-0.25, -0.2) is 30.8 Å². The van der Waals surface area contributed by atoms with Crippen LogP contribution in [0.1, 0.15) is 55.7 Å². The van der Waals surface area contributed by atoms with E-state index in [1.165, 1.54) is 34.6 Å². The second-order valence-corrected chi connectivity index (χ2v) is 15.2. The molecule has 1 saturated heterocycles. The molecule has 4 atom stereocenters. The summed E-state index contributed by atoms with van der Waals surface area (Å²) in [4.78, 5) is 26.7. The van der Waals surface area contributed by atoms with Crippen molar-refractivity contribution in [1.82, 2.24) is 14.9 Å². The fraction of sp³-hybridized carbons (Fsp3) is 0.444. The molecule has 5 rings (SSSR count). The molecule has 2 amide bonds. The summed E-state index contributed by atoms with van der Waals surface area (Å²) in [6.45, 7) is 4.65. The summed E-state index contributed by atoms with van der Waals surface area (Å²) >= 11 is 0. The molecule has 51 heavy (non-hydrogen) atoms. The largest absolute Gasteiger partial charge is 0.453 e. The number of benzene rings is 3. The zero-order chi connectivity index (χ0) is 36.9. The quantitative estimate of drug-likeness (QED) is 0.194. The van der Waals surface area contributed by atoms with Gasteiger partial charge in [0.2, 0.25) is 15.9 Å². The van der Waals surface area contributed by atoms with Crippen molar-refractivity contribution in [2.45, 2.75) is 74.9 Å². The van der Waals surface area contributed by atoms with Crippen LogP contribution in [0.3, 0.4) is 0 Å². The van der Waals surface area contributed by atoms with Crippen LogP contribution < -0.4 is 16.0 Å². The Morgan fingerprint density at radius 1 is 0.922 bits per heavy atom. The van der Waals surface area contributed by atoms with E-state index in [2.05, 4.69) is 16.0 Å². The van der Waals surface area contributed by atoms with Crippen LogP contribution in [-0.2, 0) is 30.7 Å². The van der Waals surface area contributed by atoms with Crippen molar-refractivity contribution in [1.29, 1.82) is 0 Å². The van der Waals surface area contributed by atoms with Gasteiger partial charge in [0.1, 0.15) is 29.3 Å². The molecule has 0 spiro atoms. The summed E-state index contributed by atoms with van der Waals surface area (Å²) in [6, 6.07) is 8.91. The first-order chi connectivity index (χ1) is 24.3. The van der Waals surface area contributed by atoms with E-state index < -0.39 is 74.6 Å². The maximum Gasteiger partial charge on any atom is 0.407 e. The highest BCUT2D eigenvalue weighted by Crippen LogP contribution is 2.36. The topological polar surface area (TPSA) is 126 Å². The van der Waals surface area contributed by atoms with E-state index in [4.69, 9.17) is 9.47 Å². The number of hydrogen-bond acceptors (Lipinski definition) is 7. The lowest BCUT2D eigenvalue weighted by Gasteiger charge is -2.42. The molecule has 3 aromatic rings. The number of ether oxygens (including phenoxy) is 2. The lowest BCUT2D eigenvalue weighted by atomic mass is 9.84. The summed E-state index contributed by atoms with van der Waals surface area (Å²) in [5, 5.41) is 7.90. The summed E-state index contributed by atoms with van der Waals surface area (Å²) in [5.41, 5.74) is 0.310. The number of carbonyl (C=O) groups is 2. The van der Waals surface area contributed by atoms with Crippen molar-refractivity contribution >= 4 is 27.7 Å². The Bertz CT molecular complexity index is 1790. The third-order valence-electron chi connectivity index (χ3n) is 8.99. The Morgan fingerprint density at radius 3 is 2.22 bits per heavy atom. The average molecular weight is 735 g/mol. The molecule has 4 unspecified atom stereocenters. The Hall–Kier alpha value is -4.05. The number of nitrogens with one attached hydrogen (secondary N) is 3. The van der Waals surface area contributed by atoms with Crippen molar-refractivity contribution in [3.05, 3.63) is 101 Å². The van der Waals surface area contributed by atoms with Gasteiger partial charge < -0.3 is 25.4 Å². The van der Waals surface area contributed by atoms with Crippen molar-refractivity contribution in [3.8, 4) is 0 Å². The van der Waals surface area contributed by atoms with Crippen LogP contribution in [0.4, 0.5) is 28.0 Å². The minimum atomic E-state index is -3.65. The van der Waals surface area contributed by atoms with Crippen molar-refractivity contribution < 1.29 is 45.0 Å². The van der Waals surface area contributed by atoms with Gasteiger partial charge in [0.05, 0.1) is 31.1 Å². The second-order valence-electron chi connectivity index (χ2n) is 13.1. The fourth-order valence-corrected chi connectivity index (χ4v) is 8.68. The molecule has 3 aromatic carbocycles. The molecule has 10 nitrogen and oxygen atoms in total. The van der Waals surface area contributed by atoms with Gasteiger partial charge in [-0.3, -0.25) is 4.79 Å². The van der Waals surface area contributed by atoms with E-state index >= 15 is 4.39 Å². The van der Waals surface area contributed by atoms with Gasteiger partial charge in [-0.1, -0.05) is 18.2 Å². The third kappa shape index (κ3) is 9.44. The first kappa shape index (κ1) is 38.2. The number of sulfonamides is 1. The number of carbonyl (C=O) groups excluding carboxylic acids is 2. The summed E-state index contributed by atoms with van der Waals surface area (Å²) < 4.78 is 97.8. The first-order valence-corrected chi connectivity index (χ1v) is 18.3. The minimum absolute atomic E-state index is 0.0225. The van der Waals surface area contributed by atoms with Crippen molar-refractivity contribution in [3.63, 3.8) is 0 Å². The Labute approximate surface area is 294 Å². The predicted molar refractivity (Wildman–Crippen MR) is 183 cm³/mol. The van der Waals surface area contributed by atoms with Crippen molar-refractivity contribution in [2.24, 2.45) is 0 Å². The third-order valence-corrected chi connectivity index (χ3v) is 11.5. The zero-order valence-electron chi connectivity index (χ0n) is 28.5. The number of hydrogen-bond donors (Lipinski definition) is 3. The number of piperazine rings is 1. The highest BCUT2D eigenvalue weighted by atomic mass is 32.2. The lowest BCUT2D eigenvalue weighted by Crippen LogP contribution is -2.61. The molecule has 3 N–H and O–H groups in total. The van der Waals surface area contributed by atoms with Crippen LogP contribution >= 0.6 is 0 Å². The molecule has 1 aliphatic heterocycles. The number of rotatable bonds is 14. The molecule has 1 saturated carbocycles. The van der Waals surface area contributed by atoms with Gasteiger partial charge in [-0.2, -0.15) is 4.31 Å². The number of nitrogens with zero attached hydrogens (tertiary/aromatic N) is 1. The number of amides is 2. The van der Waals surface area contributed by atoms with Gasteiger partial charge in [-0.15, -0.1) is 0 Å². The summed E-state index contributed by atoms with van der Waals surface area (Å²) in [6.07, 6.45) is 0.210. The summed E-state index contributed by atoms with van der Waals surface area (Å²) in [5.74, 6) is -5.32. The smallest absolute Gasteiger partial charge is 0.407 e. The molecule has 276 valence electrons. The van der Waals surface area contributed by atoms with Crippen LogP contribution in [0.15, 0.2) is 60.7 Å². The second kappa shape index (κ2) is 16.5. The first-order valence-electron chi connectivity index (χ1n) is 16.8. The molecular formula is C36H42F4N4O6S. The van der Waals surface area contributed by atoms with E-state index in [1.54, 1.807) is 0 Å². The SMILES string of the molecule is COC(=O)NC(C(=O)Nc1cccc(F)c1CCC1CNCC(COC(C)C)N1S(=O)(=O)C1CC1)C(c1ccc(F)cc1)c1cc(F)cc(F)c1. The fourth-order valence-electron chi connectivity index (χ4n) is 6.45. The molecule has 0 bridgehead atoms. The molecule has 0 aromatic heterocycles. The van der Waals surface area contributed by atoms with Crippen molar-refractivity contribution in [2.75, 3.05) is 32.1 Å². The predicted octanol–water partition coefficient (Wildman–Crippen LogP) is 5.23.